The molecule has 0 amide bonds. The number of hydrogen-bond donors (Lipinski definition) is 1. The van der Waals surface area contributed by atoms with Gasteiger partial charge in [-0.2, -0.15) is 0 Å². The van der Waals surface area contributed by atoms with Gasteiger partial charge in [0.25, 0.3) is 0 Å². The number of halogens is 1. The molecule has 3 aromatic rings. The predicted molar refractivity (Wildman–Crippen MR) is 69.5 cm³/mol. The zero-order chi connectivity index (χ0) is 13.2. The number of hydrogen-bond acceptors (Lipinski definition) is 4. The molecule has 1 aromatic carbocycles. The number of rotatable bonds is 2. The van der Waals surface area contributed by atoms with Gasteiger partial charge in [0, 0.05) is 18.0 Å². The predicted octanol–water partition coefficient (Wildman–Crippen LogP) is 3.12. The number of benzene rings is 1. The van der Waals surface area contributed by atoms with E-state index in [-0.39, 0.29) is 11.6 Å². The van der Waals surface area contributed by atoms with Crippen molar-refractivity contribution in [1.29, 1.82) is 0 Å². The van der Waals surface area contributed by atoms with Gasteiger partial charge in [-0.25, -0.2) is 4.39 Å². The van der Waals surface area contributed by atoms with Gasteiger partial charge in [-0.3, -0.25) is 4.98 Å². The van der Waals surface area contributed by atoms with Gasteiger partial charge in [-0.1, -0.05) is 17.3 Å². The summed E-state index contributed by atoms with van der Waals surface area (Å²) >= 11 is 0. The molecular formula is C14H10FN3O. The molecule has 4 nitrogen and oxygen atoms in total. The van der Waals surface area contributed by atoms with Crippen molar-refractivity contribution >= 4 is 5.82 Å². The van der Waals surface area contributed by atoms with Gasteiger partial charge in [-0.15, -0.1) is 0 Å². The van der Waals surface area contributed by atoms with Crippen LogP contribution in [0.25, 0.3) is 22.5 Å². The highest BCUT2D eigenvalue weighted by atomic mass is 19.1. The van der Waals surface area contributed by atoms with Gasteiger partial charge in [0.15, 0.2) is 11.6 Å². The average Bonchev–Trinajstić information content (AvgIpc) is 2.83. The second kappa shape index (κ2) is 4.53. The topological polar surface area (TPSA) is 64.9 Å². The van der Waals surface area contributed by atoms with Crippen LogP contribution in [0, 0.1) is 5.82 Å². The molecule has 0 fully saturated rings. The number of aromatic nitrogens is 2. The van der Waals surface area contributed by atoms with Crippen LogP contribution in [0.1, 0.15) is 0 Å². The zero-order valence-corrected chi connectivity index (χ0v) is 9.88. The van der Waals surface area contributed by atoms with Gasteiger partial charge in [0.1, 0.15) is 5.82 Å². The molecule has 19 heavy (non-hydrogen) atoms. The molecule has 94 valence electrons. The minimum Gasteiger partial charge on any atom is -0.380 e. The number of nitrogens with two attached hydrogens (primary N) is 1. The van der Waals surface area contributed by atoms with Crippen LogP contribution in [0.5, 0.6) is 0 Å². The molecular weight excluding hydrogens is 245 g/mol. The lowest BCUT2D eigenvalue weighted by molar-refractivity contribution is 0.436. The van der Waals surface area contributed by atoms with Crippen LogP contribution in [-0.4, -0.2) is 10.1 Å². The molecule has 2 aromatic heterocycles. The third-order valence-electron chi connectivity index (χ3n) is 2.78. The Labute approximate surface area is 108 Å². The minimum absolute atomic E-state index is 0.269. The van der Waals surface area contributed by atoms with Gasteiger partial charge < -0.3 is 10.3 Å². The molecule has 0 aliphatic heterocycles. The molecule has 0 atom stereocenters. The van der Waals surface area contributed by atoms with E-state index in [1.54, 1.807) is 30.6 Å². The summed E-state index contributed by atoms with van der Waals surface area (Å²) in [7, 11) is 0. The largest absolute Gasteiger partial charge is 0.380 e. The molecule has 0 radical (unpaired) electrons. The Kier molecular flexibility index (Phi) is 2.72. The first-order valence-corrected chi connectivity index (χ1v) is 5.67. The van der Waals surface area contributed by atoms with Crippen molar-refractivity contribution in [3.8, 4) is 22.5 Å². The maximum absolute atomic E-state index is 13.0. The molecule has 2 heterocycles. The molecule has 2 N–H and O–H groups in total. The van der Waals surface area contributed by atoms with E-state index in [0.717, 1.165) is 11.1 Å². The Hall–Kier alpha value is -2.69. The van der Waals surface area contributed by atoms with E-state index in [0.29, 0.717) is 11.3 Å². The van der Waals surface area contributed by atoms with E-state index >= 15 is 0 Å². The maximum atomic E-state index is 13.0. The molecule has 0 aliphatic carbocycles. The smallest absolute Gasteiger partial charge is 0.178 e. The van der Waals surface area contributed by atoms with E-state index in [2.05, 4.69) is 10.1 Å². The maximum Gasteiger partial charge on any atom is 0.178 e. The van der Waals surface area contributed by atoms with E-state index in [9.17, 15) is 4.39 Å². The third-order valence-corrected chi connectivity index (χ3v) is 2.78. The molecule has 5 heteroatoms. The van der Waals surface area contributed by atoms with Crippen LogP contribution < -0.4 is 5.73 Å². The highest BCUT2D eigenvalue weighted by molar-refractivity contribution is 5.86. The fraction of sp³-hybridized carbons (Fsp3) is 0. The summed E-state index contributed by atoms with van der Waals surface area (Å²) < 4.78 is 18.2. The van der Waals surface area contributed by atoms with E-state index < -0.39 is 0 Å². The summed E-state index contributed by atoms with van der Waals surface area (Å²) in [6.07, 6.45) is 3.33. The molecule has 0 saturated carbocycles. The summed E-state index contributed by atoms with van der Waals surface area (Å²) in [6.45, 7) is 0. The number of pyridine rings is 1. The molecule has 0 aliphatic rings. The van der Waals surface area contributed by atoms with Crippen molar-refractivity contribution in [3.63, 3.8) is 0 Å². The summed E-state index contributed by atoms with van der Waals surface area (Å²) in [5.74, 6) is 0.490. The zero-order valence-electron chi connectivity index (χ0n) is 9.88. The highest BCUT2D eigenvalue weighted by Gasteiger charge is 2.17. The lowest BCUT2D eigenvalue weighted by Gasteiger charge is -2.02. The standard InChI is InChI=1S/C14H10FN3O/c15-11-5-3-9(4-6-11)12-13(19-18-14(12)16)10-2-1-7-17-8-10/h1-8H,(H2,16,18). The molecule has 0 spiro atoms. The molecule has 0 saturated heterocycles. The number of nitrogens with zero attached hydrogens (tertiary/aromatic N) is 2. The van der Waals surface area contributed by atoms with Gasteiger partial charge in [0.05, 0.1) is 5.56 Å². The second-order valence-electron chi connectivity index (χ2n) is 4.02. The lowest BCUT2D eigenvalue weighted by Crippen LogP contribution is -1.89. The number of nitrogen functional groups attached to an aromatic ring is 1. The molecule has 0 unspecified atom stereocenters. The minimum atomic E-state index is -0.304. The van der Waals surface area contributed by atoms with Crippen LogP contribution in [0.2, 0.25) is 0 Å². The Morgan fingerprint density at radius 3 is 2.53 bits per heavy atom. The van der Waals surface area contributed by atoms with E-state index in [1.165, 1.54) is 12.1 Å². The lowest BCUT2D eigenvalue weighted by atomic mass is 10.0. The Balaban J connectivity index is 2.17. The first-order valence-electron chi connectivity index (χ1n) is 5.67. The van der Waals surface area contributed by atoms with Crippen molar-refractivity contribution in [3.05, 3.63) is 54.6 Å². The summed E-state index contributed by atoms with van der Waals surface area (Å²) in [5, 5.41) is 3.77. The fourth-order valence-electron chi connectivity index (χ4n) is 1.89. The van der Waals surface area contributed by atoms with Crippen molar-refractivity contribution in [2.75, 3.05) is 5.73 Å². The number of anilines is 1. The van der Waals surface area contributed by atoms with E-state index in [4.69, 9.17) is 10.3 Å². The van der Waals surface area contributed by atoms with E-state index in [1.807, 2.05) is 6.07 Å². The molecule has 3 rings (SSSR count). The highest BCUT2D eigenvalue weighted by Crippen LogP contribution is 2.36. The van der Waals surface area contributed by atoms with Crippen LogP contribution in [0.3, 0.4) is 0 Å². The first kappa shape index (κ1) is 11.4. The second-order valence-corrected chi connectivity index (χ2v) is 4.02. The van der Waals surface area contributed by atoms with Crippen LogP contribution >= 0.6 is 0 Å². The third kappa shape index (κ3) is 2.06. The molecule has 0 bridgehead atoms. The van der Waals surface area contributed by atoms with Crippen LogP contribution in [-0.2, 0) is 0 Å². The summed E-state index contributed by atoms with van der Waals surface area (Å²) in [6, 6.07) is 9.66. The van der Waals surface area contributed by atoms with Crippen molar-refractivity contribution in [2.45, 2.75) is 0 Å². The van der Waals surface area contributed by atoms with Gasteiger partial charge in [-0.05, 0) is 29.8 Å². The van der Waals surface area contributed by atoms with Crippen LogP contribution in [0.4, 0.5) is 10.2 Å². The van der Waals surface area contributed by atoms with Crippen molar-refractivity contribution < 1.29 is 8.91 Å². The Morgan fingerprint density at radius 2 is 1.84 bits per heavy atom. The van der Waals surface area contributed by atoms with Gasteiger partial charge >= 0.3 is 0 Å². The quantitative estimate of drug-likeness (QED) is 0.764. The van der Waals surface area contributed by atoms with Crippen LogP contribution in [0.15, 0.2) is 53.3 Å². The monoisotopic (exact) mass is 255 g/mol. The normalized spacial score (nSPS) is 10.6. The Bertz CT molecular complexity index is 692. The average molecular weight is 255 g/mol. The SMILES string of the molecule is Nc1noc(-c2cccnc2)c1-c1ccc(F)cc1. The van der Waals surface area contributed by atoms with Crippen molar-refractivity contribution in [2.24, 2.45) is 0 Å². The fourth-order valence-corrected chi connectivity index (χ4v) is 1.89. The summed E-state index contributed by atoms with van der Waals surface area (Å²) in [5.41, 5.74) is 7.99. The Morgan fingerprint density at radius 1 is 1.05 bits per heavy atom. The first-order chi connectivity index (χ1) is 9.25. The summed E-state index contributed by atoms with van der Waals surface area (Å²) in [4.78, 5) is 4.03. The van der Waals surface area contributed by atoms with Gasteiger partial charge in [0.2, 0.25) is 0 Å². The van der Waals surface area contributed by atoms with Crippen molar-refractivity contribution in [1.82, 2.24) is 10.1 Å².